The predicted octanol–water partition coefficient (Wildman–Crippen LogP) is 3.79. The number of benzene rings is 2. The Hall–Kier alpha value is -2.66. The van der Waals surface area contributed by atoms with Crippen LogP contribution in [0.25, 0.3) is 17.2 Å². The van der Waals surface area contributed by atoms with E-state index in [1.165, 1.54) is 0 Å². The molecule has 2 nitrogen and oxygen atoms in total. The summed E-state index contributed by atoms with van der Waals surface area (Å²) >= 11 is 0. The summed E-state index contributed by atoms with van der Waals surface area (Å²) in [6.45, 7) is 0.590. The fourth-order valence-corrected chi connectivity index (χ4v) is 2.36. The highest BCUT2D eigenvalue weighted by atomic mass is 16.5. The second-order valence-electron chi connectivity index (χ2n) is 4.75. The number of para-hydroxylation sites is 1. The number of hydrogen-bond donors (Lipinski definition) is 0. The summed E-state index contributed by atoms with van der Waals surface area (Å²) in [5, 5.41) is 0. The minimum Gasteiger partial charge on any atom is -0.464 e. The number of ether oxygens (including phenoxy) is 1. The third kappa shape index (κ3) is 2.15. The standard InChI is InChI=1S/C18H15NO/c1-3-11-19(2)15-9-8-14-10-12-20-18-7-5-4-6-16(18)17(14)13-15/h1,4-10,12-13H,11H2,2H3. The lowest BCUT2D eigenvalue weighted by atomic mass is 9.98. The average molecular weight is 261 g/mol. The van der Waals surface area contributed by atoms with E-state index in [4.69, 9.17) is 11.2 Å². The van der Waals surface area contributed by atoms with Gasteiger partial charge in [-0.3, -0.25) is 0 Å². The van der Waals surface area contributed by atoms with E-state index in [0.717, 1.165) is 28.1 Å². The number of hydrogen-bond acceptors (Lipinski definition) is 2. The smallest absolute Gasteiger partial charge is 0.134 e. The molecule has 0 bridgehead atoms. The summed E-state index contributed by atoms with van der Waals surface area (Å²) < 4.78 is 5.65. The molecule has 0 amide bonds. The molecule has 0 aliphatic carbocycles. The first-order valence-corrected chi connectivity index (χ1v) is 6.51. The molecule has 1 aliphatic heterocycles. The molecule has 1 aliphatic rings. The summed E-state index contributed by atoms with van der Waals surface area (Å²) in [4.78, 5) is 2.05. The molecule has 0 saturated heterocycles. The summed E-state index contributed by atoms with van der Waals surface area (Å²) in [6.07, 6.45) is 9.10. The van der Waals surface area contributed by atoms with E-state index in [2.05, 4.69) is 35.1 Å². The Morgan fingerprint density at radius 2 is 2.00 bits per heavy atom. The molecule has 0 unspecified atom stereocenters. The summed E-state index contributed by atoms with van der Waals surface area (Å²) in [6, 6.07) is 14.4. The molecule has 0 N–H and O–H groups in total. The van der Waals surface area contributed by atoms with Gasteiger partial charge in [-0.1, -0.05) is 30.2 Å². The lowest BCUT2D eigenvalue weighted by Crippen LogP contribution is -2.16. The van der Waals surface area contributed by atoms with Crippen molar-refractivity contribution in [3.8, 4) is 29.2 Å². The van der Waals surface area contributed by atoms with Gasteiger partial charge in [-0.15, -0.1) is 6.42 Å². The zero-order valence-electron chi connectivity index (χ0n) is 11.3. The molecule has 1 heterocycles. The first-order valence-electron chi connectivity index (χ1n) is 6.51. The molecule has 0 aromatic heterocycles. The Labute approximate surface area is 119 Å². The quantitative estimate of drug-likeness (QED) is 0.763. The van der Waals surface area contributed by atoms with Crippen molar-refractivity contribution in [3.05, 3.63) is 54.3 Å². The zero-order valence-corrected chi connectivity index (χ0v) is 11.3. The first-order chi connectivity index (χ1) is 9.79. The van der Waals surface area contributed by atoms with Crippen LogP contribution in [0, 0.1) is 12.3 Å². The molecule has 0 fully saturated rings. The lowest BCUT2D eigenvalue weighted by Gasteiger charge is -2.18. The monoisotopic (exact) mass is 261 g/mol. The first kappa shape index (κ1) is 12.4. The number of nitrogens with zero attached hydrogens (tertiary/aromatic N) is 1. The van der Waals surface area contributed by atoms with Crippen LogP contribution in [0.1, 0.15) is 5.56 Å². The van der Waals surface area contributed by atoms with Crippen LogP contribution in [-0.2, 0) is 0 Å². The maximum Gasteiger partial charge on any atom is 0.134 e. The highest BCUT2D eigenvalue weighted by molar-refractivity contribution is 5.83. The van der Waals surface area contributed by atoms with Crippen LogP contribution in [0.3, 0.4) is 0 Å². The van der Waals surface area contributed by atoms with Gasteiger partial charge in [-0.2, -0.15) is 0 Å². The fraction of sp³-hybridized carbons (Fsp3) is 0.111. The SMILES string of the molecule is C#CCN(C)c1ccc2c(c1)-c1ccccc1OC=C2. The number of fused-ring (bicyclic) bond motifs is 3. The average Bonchev–Trinajstić information content (AvgIpc) is 2.66. The van der Waals surface area contributed by atoms with Gasteiger partial charge in [0, 0.05) is 18.3 Å². The second kappa shape index (κ2) is 5.14. The Morgan fingerprint density at radius 1 is 1.15 bits per heavy atom. The van der Waals surface area contributed by atoms with Crippen LogP contribution in [-0.4, -0.2) is 13.6 Å². The predicted molar refractivity (Wildman–Crippen MR) is 83.6 cm³/mol. The molecule has 98 valence electrons. The minimum atomic E-state index is 0.590. The van der Waals surface area contributed by atoms with Gasteiger partial charge in [-0.25, -0.2) is 0 Å². The van der Waals surface area contributed by atoms with Gasteiger partial charge >= 0.3 is 0 Å². The van der Waals surface area contributed by atoms with Gasteiger partial charge in [0.15, 0.2) is 0 Å². The molecular formula is C18H15NO. The van der Waals surface area contributed by atoms with Gasteiger partial charge in [0.25, 0.3) is 0 Å². The summed E-state index contributed by atoms with van der Waals surface area (Å²) in [7, 11) is 2.00. The Kier molecular flexibility index (Phi) is 3.18. The van der Waals surface area contributed by atoms with E-state index >= 15 is 0 Å². The molecule has 3 rings (SSSR count). The Morgan fingerprint density at radius 3 is 2.85 bits per heavy atom. The van der Waals surface area contributed by atoms with E-state index in [1.54, 1.807) is 6.26 Å². The van der Waals surface area contributed by atoms with Crippen molar-refractivity contribution >= 4 is 11.8 Å². The van der Waals surface area contributed by atoms with Crippen LogP contribution in [0.4, 0.5) is 5.69 Å². The molecule has 2 aromatic rings. The number of terminal acetylenes is 1. The van der Waals surface area contributed by atoms with Gasteiger partial charge in [0.2, 0.25) is 0 Å². The number of anilines is 1. The maximum absolute atomic E-state index is 5.65. The van der Waals surface area contributed by atoms with E-state index in [0.29, 0.717) is 6.54 Å². The van der Waals surface area contributed by atoms with E-state index in [1.807, 2.05) is 31.3 Å². The Bertz CT molecular complexity index is 710. The van der Waals surface area contributed by atoms with Crippen LogP contribution in [0.5, 0.6) is 5.75 Å². The third-order valence-corrected chi connectivity index (χ3v) is 3.43. The van der Waals surface area contributed by atoms with Crippen molar-refractivity contribution in [2.24, 2.45) is 0 Å². The third-order valence-electron chi connectivity index (χ3n) is 3.43. The van der Waals surface area contributed by atoms with Crippen molar-refractivity contribution in [1.29, 1.82) is 0 Å². The van der Waals surface area contributed by atoms with Crippen molar-refractivity contribution in [1.82, 2.24) is 0 Å². The van der Waals surface area contributed by atoms with Crippen molar-refractivity contribution in [2.45, 2.75) is 0 Å². The molecular weight excluding hydrogens is 246 g/mol. The molecule has 2 heteroatoms. The molecule has 20 heavy (non-hydrogen) atoms. The number of rotatable bonds is 2. The second-order valence-corrected chi connectivity index (χ2v) is 4.75. The molecule has 0 radical (unpaired) electrons. The summed E-state index contributed by atoms with van der Waals surface area (Å²) in [5.41, 5.74) is 4.51. The van der Waals surface area contributed by atoms with E-state index in [-0.39, 0.29) is 0 Å². The van der Waals surface area contributed by atoms with Crippen LogP contribution in [0.15, 0.2) is 48.7 Å². The van der Waals surface area contributed by atoms with Gasteiger partial charge in [0.1, 0.15) is 5.75 Å². The molecule has 2 aromatic carbocycles. The lowest BCUT2D eigenvalue weighted by molar-refractivity contribution is 0.488. The topological polar surface area (TPSA) is 12.5 Å². The fourth-order valence-electron chi connectivity index (χ4n) is 2.36. The highest BCUT2D eigenvalue weighted by Gasteiger charge is 2.13. The largest absolute Gasteiger partial charge is 0.464 e. The van der Waals surface area contributed by atoms with E-state index in [9.17, 15) is 0 Å². The van der Waals surface area contributed by atoms with E-state index < -0.39 is 0 Å². The maximum atomic E-state index is 5.65. The van der Waals surface area contributed by atoms with Gasteiger partial charge in [-0.05, 0) is 35.4 Å². The molecule has 0 atom stereocenters. The van der Waals surface area contributed by atoms with Crippen LogP contribution < -0.4 is 9.64 Å². The highest BCUT2D eigenvalue weighted by Crippen LogP contribution is 2.37. The molecule has 0 spiro atoms. The van der Waals surface area contributed by atoms with Crippen molar-refractivity contribution in [2.75, 3.05) is 18.5 Å². The summed E-state index contributed by atoms with van der Waals surface area (Å²) in [5.74, 6) is 3.54. The normalized spacial score (nSPS) is 11.6. The minimum absolute atomic E-state index is 0.590. The van der Waals surface area contributed by atoms with Crippen molar-refractivity contribution in [3.63, 3.8) is 0 Å². The van der Waals surface area contributed by atoms with Gasteiger partial charge in [0.05, 0.1) is 12.8 Å². The van der Waals surface area contributed by atoms with Crippen molar-refractivity contribution < 1.29 is 4.74 Å². The zero-order chi connectivity index (χ0) is 13.9. The Balaban J connectivity index is 2.14. The van der Waals surface area contributed by atoms with Gasteiger partial charge < -0.3 is 9.64 Å². The molecule has 0 saturated carbocycles. The van der Waals surface area contributed by atoms with Crippen LogP contribution in [0.2, 0.25) is 0 Å². The van der Waals surface area contributed by atoms with Crippen LogP contribution >= 0.6 is 0 Å².